The predicted molar refractivity (Wildman–Crippen MR) is 67.9 cm³/mol. The largest absolute Gasteiger partial charge is 0.462 e. The van der Waals surface area contributed by atoms with Gasteiger partial charge in [-0.2, -0.15) is 0 Å². The van der Waals surface area contributed by atoms with Crippen molar-refractivity contribution < 1.29 is 19.1 Å². The summed E-state index contributed by atoms with van der Waals surface area (Å²) in [6, 6.07) is 0. The molecule has 0 radical (unpaired) electrons. The Balaban J connectivity index is 2.18. The number of imide groups is 1. The van der Waals surface area contributed by atoms with Crippen LogP contribution in [0.25, 0.3) is 0 Å². The maximum Gasteiger partial charge on any atom is 0.330 e. The number of likely N-dealkylation sites (tertiary alicyclic amines) is 1. The van der Waals surface area contributed by atoms with Gasteiger partial charge in [0, 0.05) is 25.1 Å². The van der Waals surface area contributed by atoms with Gasteiger partial charge in [-0.15, -0.1) is 0 Å². The average molecular weight is 263 g/mol. The summed E-state index contributed by atoms with van der Waals surface area (Å²) >= 11 is 0. The van der Waals surface area contributed by atoms with E-state index in [2.05, 4.69) is 6.58 Å². The molecule has 0 aromatic carbocycles. The lowest BCUT2D eigenvalue weighted by Crippen LogP contribution is -2.35. The molecule has 0 saturated carbocycles. The van der Waals surface area contributed by atoms with Crippen molar-refractivity contribution in [2.45, 2.75) is 25.7 Å². The zero-order chi connectivity index (χ0) is 14.0. The summed E-state index contributed by atoms with van der Waals surface area (Å²) in [6.45, 7) is 3.43. The van der Waals surface area contributed by atoms with E-state index in [9.17, 15) is 14.4 Å². The van der Waals surface area contributed by atoms with Crippen LogP contribution in [0.4, 0.5) is 0 Å². The Morgan fingerprint density at radius 3 is 3.00 bits per heavy atom. The minimum absolute atomic E-state index is 0.120. The summed E-state index contributed by atoms with van der Waals surface area (Å²) in [5, 5.41) is 0. The van der Waals surface area contributed by atoms with Crippen LogP contribution in [-0.4, -0.2) is 36.3 Å². The van der Waals surface area contributed by atoms with Gasteiger partial charge in [0.1, 0.15) is 0 Å². The highest BCUT2D eigenvalue weighted by molar-refractivity contribution is 6.17. The second-order valence-electron chi connectivity index (χ2n) is 4.88. The molecule has 0 N–H and O–H groups in total. The highest BCUT2D eigenvalue weighted by Gasteiger charge is 2.54. The Hall–Kier alpha value is -1.91. The van der Waals surface area contributed by atoms with Crippen molar-refractivity contribution in [3.8, 4) is 0 Å². The van der Waals surface area contributed by atoms with Gasteiger partial charge in [-0.1, -0.05) is 12.7 Å². The van der Waals surface area contributed by atoms with Crippen LogP contribution in [0, 0.1) is 5.41 Å². The highest BCUT2D eigenvalue weighted by Crippen LogP contribution is 2.47. The highest BCUT2D eigenvalue weighted by atomic mass is 16.5. The maximum absolute atomic E-state index is 12.3. The van der Waals surface area contributed by atoms with Crippen LogP contribution in [-0.2, 0) is 19.1 Å². The van der Waals surface area contributed by atoms with E-state index in [0.29, 0.717) is 18.4 Å². The number of carbonyl (C=O) groups is 3. The van der Waals surface area contributed by atoms with Crippen LogP contribution in [0.3, 0.4) is 0 Å². The number of hydrogen-bond donors (Lipinski definition) is 0. The summed E-state index contributed by atoms with van der Waals surface area (Å²) < 4.78 is 4.95. The molecule has 0 spiro atoms. The van der Waals surface area contributed by atoms with Crippen molar-refractivity contribution in [3.05, 3.63) is 24.3 Å². The molecule has 5 heteroatoms. The van der Waals surface area contributed by atoms with Gasteiger partial charge < -0.3 is 4.74 Å². The van der Waals surface area contributed by atoms with Crippen molar-refractivity contribution >= 4 is 17.8 Å². The van der Waals surface area contributed by atoms with E-state index in [1.807, 2.05) is 6.08 Å². The van der Waals surface area contributed by atoms with Crippen LogP contribution >= 0.6 is 0 Å². The van der Waals surface area contributed by atoms with Crippen LogP contribution in [0.1, 0.15) is 25.7 Å². The van der Waals surface area contributed by atoms with Gasteiger partial charge in [-0.3, -0.25) is 14.5 Å². The molecular formula is C14H17NO4. The molecule has 1 atom stereocenters. The fourth-order valence-electron chi connectivity index (χ4n) is 2.84. The Bertz CT molecular complexity index is 480. The molecule has 1 unspecified atom stereocenters. The molecule has 1 aliphatic carbocycles. The van der Waals surface area contributed by atoms with E-state index in [0.717, 1.165) is 18.9 Å². The molecular weight excluding hydrogens is 246 g/mol. The third-order valence-corrected chi connectivity index (χ3v) is 3.86. The first-order valence-electron chi connectivity index (χ1n) is 6.35. The number of hydrogen-bond acceptors (Lipinski definition) is 4. The molecule has 0 aromatic rings. The Morgan fingerprint density at radius 1 is 1.58 bits per heavy atom. The number of rotatable bonds is 4. The maximum atomic E-state index is 12.3. The summed E-state index contributed by atoms with van der Waals surface area (Å²) in [4.78, 5) is 36.6. The van der Waals surface area contributed by atoms with Gasteiger partial charge in [-0.05, 0) is 19.3 Å². The molecule has 1 fully saturated rings. The topological polar surface area (TPSA) is 63.7 Å². The second kappa shape index (κ2) is 4.99. The number of ether oxygens (including phenoxy) is 1. The smallest absolute Gasteiger partial charge is 0.330 e. The number of amides is 2. The van der Waals surface area contributed by atoms with Gasteiger partial charge in [0.25, 0.3) is 5.91 Å². The molecule has 1 heterocycles. The number of nitrogens with zero attached hydrogens (tertiary/aromatic N) is 1. The van der Waals surface area contributed by atoms with Crippen LogP contribution < -0.4 is 0 Å². The van der Waals surface area contributed by atoms with Crippen molar-refractivity contribution in [1.29, 1.82) is 0 Å². The molecule has 2 amide bonds. The average Bonchev–Trinajstić information content (AvgIpc) is 2.62. The first kappa shape index (κ1) is 13.5. The van der Waals surface area contributed by atoms with E-state index in [4.69, 9.17) is 4.74 Å². The van der Waals surface area contributed by atoms with Gasteiger partial charge in [0.2, 0.25) is 5.91 Å². The van der Waals surface area contributed by atoms with Crippen molar-refractivity contribution in [2.75, 3.05) is 13.7 Å². The lowest BCUT2D eigenvalue weighted by atomic mass is 9.71. The van der Waals surface area contributed by atoms with Crippen LogP contribution in [0.5, 0.6) is 0 Å². The van der Waals surface area contributed by atoms with Crippen molar-refractivity contribution in [1.82, 2.24) is 4.90 Å². The van der Waals surface area contributed by atoms with E-state index < -0.39 is 11.4 Å². The first-order valence-corrected chi connectivity index (χ1v) is 6.35. The van der Waals surface area contributed by atoms with E-state index in [1.165, 1.54) is 11.9 Å². The minimum Gasteiger partial charge on any atom is -0.462 e. The van der Waals surface area contributed by atoms with E-state index >= 15 is 0 Å². The lowest BCUT2D eigenvalue weighted by molar-refractivity contribution is -0.143. The number of esters is 1. The van der Waals surface area contributed by atoms with Gasteiger partial charge in [0.05, 0.1) is 12.0 Å². The SMILES string of the molecule is C=CC(=O)OCCC12CCCC=C1C(=O)N(C)C2=O. The predicted octanol–water partition coefficient (Wildman–Crippen LogP) is 1.20. The molecule has 102 valence electrons. The van der Waals surface area contributed by atoms with E-state index in [-0.39, 0.29) is 18.4 Å². The second-order valence-corrected chi connectivity index (χ2v) is 4.88. The Kier molecular flexibility index (Phi) is 3.55. The first-order chi connectivity index (χ1) is 9.03. The van der Waals surface area contributed by atoms with Gasteiger partial charge in [-0.25, -0.2) is 4.79 Å². The Morgan fingerprint density at radius 2 is 2.32 bits per heavy atom. The van der Waals surface area contributed by atoms with Gasteiger partial charge >= 0.3 is 5.97 Å². The fraction of sp³-hybridized carbons (Fsp3) is 0.500. The zero-order valence-corrected chi connectivity index (χ0v) is 11.0. The summed E-state index contributed by atoms with van der Waals surface area (Å²) in [5.41, 5.74) is -0.216. The third kappa shape index (κ3) is 2.09. The van der Waals surface area contributed by atoms with Crippen molar-refractivity contribution in [2.24, 2.45) is 5.41 Å². The quantitative estimate of drug-likeness (QED) is 0.434. The molecule has 19 heavy (non-hydrogen) atoms. The van der Waals surface area contributed by atoms with Crippen molar-refractivity contribution in [3.63, 3.8) is 0 Å². The summed E-state index contributed by atoms with van der Waals surface area (Å²) in [5.74, 6) is -0.916. The van der Waals surface area contributed by atoms with Gasteiger partial charge in [0.15, 0.2) is 0 Å². The Labute approximate surface area is 111 Å². The molecule has 1 aliphatic heterocycles. The third-order valence-electron chi connectivity index (χ3n) is 3.86. The molecule has 0 bridgehead atoms. The normalized spacial score (nSPS) is 25.9. The lowest BCUT2D eigenvalue weighted by Gasteiger charge is -2.29. The number of fused-ring (bicyclic) bond motifs is 1. The number of likely N-dealkylation sites (N-methyl/N-ethyl adjacent to an activating group) is 1. The zero-order valence-electron chi connectivity index (χ0n) is 11.0. The number of carbonyl (C=O) groups excluding carboxylic acids is 3. The summed E-state index contributed by atoms with van der Waals surface area (Å²) in [6.07, 6.45) is 5.61. The van der Waals surface area contributed by atoms with Crippen LogP contribution in [0.15, 0.2) is 24.3 Å². The van der Waals surface area contributed by atoms with Crippen LogP contribution in [0.2, 0.25) is 0 Å². The summed E-state index contributed by atoms with van der Waals surface area (Å²) in [7, 11) is 1.50. The van der Waals surface area contributed by atoms with E-state index in [1.54, 1.807) is 0 Å². The molecule has 0 aromatic heterocycles. The minimum atomic E-state index is -0.786. The fourth-order valence-corrected chi connectivity index (χ4v) is 2.84. The standard InChI is InChI=1S/C14H17NO4/c1-3-11(16)19-9-8-14-7-5-4-6-10(14)12(17)15(2)13(14)18/h3,6H,1,4-5,7-9H2,2H3. The molecule has 5 nitrogen and oxygen atoms in total. The molecule has 1 saturated heterocycles. The monoisotopic (exact) mass is 263 g/mol. The number of allylic oxidation sites excluding steroid dienone is 1. The molecule has 2 aliphatic rings. The molecule has 2 rings (SSSR count).